The van der Waals surface area contributed by atoms with Gasteiger partial charge in [0.15, 0.2) is 0 Å². The Morgan fingerprint density at radius 3 is 2.61 bits per heavy atom. The molecule has 4 N–H and O–H groups in total. The van der Waals surface area contributed by atoms with Crippen molar-refractivity contribution >= 4 is 0 Å². The molecule has 31 heavy (non-hydrogen) atoms. The third-order valence-corrected chi connectivity index (χ3v) is 6.70. The molecule has 1 saturated heterocycles. The molecule has 6 nitrogen and oxygen atoms in total. The van der Waals surface area contributed by atoms with E-state index in [1.165, 1.54) is 5.56 Å². The van der Waals surface area contributed by atoms with E-state index in [-0.39, 0.29) is 5.60 Å². The van der Waals surface area contributed by atoms with Crippen LogP contribution in [0.4, 0.5) is 0 Å². The monoisotopic (exact) mass is 419 g/mol. The van der Waals surface area contributed by atoms with Crippen molar-refractivity contribution in [3.8, 4) is 5.75 Å². The first-order valence-corrected chi connectivity index (χ1v) is 11.3. The summed E-state index contributed by atoms with van der Waals surface area (Å²) in [6.07, 6.45) is 4.49. The third-order valence-electron chi connectivity index (χ3n) is 6.70. The number of hydrogen-bond donors (Lipinski definition) is 2. The molecule has 1 unspecified atom stereocenters. The number of rotatable bonds is 5. The fraction of sp³-hybridized carbons (Fsp3) is 0.440. The van der Waals surface area contributed by atoms with Crippen LogP contribution in [0.3, 0.4) is 0 Å². The Bertz CT molecular complexity index is 1020. The number of quaternary nitrogens is 1. The van der Waals surface area contributed by atoms with E-state index in [1.54, 1.807) is 0 Å². The van der Waals surface area contributed by atoms with Crippen LogP contribution in [0.5, 0.6) is 5.75 Å². The zero-order chi connectivity index (χ0) is 21.3. The molecule has 0 bridgehead atoms. The van der Waals surface area contributed by atoms with Gasteiger partial charge in [0, 0.05) is 25.2 Å². The minimum atomic E-state index is -0.708. The Morgan fingerprint density at radius 2 is 1.81 bits per heavy atom. The van der Waals surface area contributed by atoms with Crippen LogP contribution in [0.25, 0.3) is 0 Å². The number of aromatic nitrogens is 2. The molecule has 0 radical (unpaired) electrons. The molecule has 6 heteroatoms. The molecule has 0 saturated carbocycles. The zero-order valence-corrected chi connectivity index (χ0v) is 18.1. The number of benzene rings is 2. The fourth-order valence-corrected chi connectivity index (χ4v) is 5.11. The second-order valence-corrected chi connectivity index (χ2v) is 9.37. The summed E-state index contributed by atoms with van der Waals surface area (Å²) in [6, 6.07) is 18.6. The van der Waals surface area contributed by atoms with Gasteiger partial charge >= 0.3 is 0 Å². The number of fused-ring (bicyclic) bond motifs is 1. The summed E-state index contributed by atoms with van der Waals surface area (Å²) in [7, 11) is 0. The standard InChI is InChI=1S/C25H30N4O2/c1-24(26,16-18-7-3-2-4-8-18)23-29-28-22(30-23)15-19-17-25(11-13-27-14-12-25)31-21-10-6-5-9-20(19)21/h2-10,19,27H,11-17,26H2,1H3/p+1/t19?,24-/m1/s1. The molecule has 3 heterocycles. The van der Waals surface area contributed by atoms with Gasteiger partial charge in [-0.2, -0.15) is 0 Å². The number of nitrogens with zero attached hydrogens (tertiary/aromatic N) is 2. The van der Waals surface area contributed by atoms with Gasteiger partial charge in [0.05, 0.1) is 18.6 Å². The van der Waals surface area contributed by atoms with Gasteiger partial charge in [0.25, 0.3) is 0 Å². The molecule has 5 rings (SSSR count). The largest absolute Gasteiger partial charge is 0.486 e. The fourth-order valence-electron chi connectivity index (χ4n) is 5.11. The highest BCUT2D eigenvalue weighted by atomic mass is 16.5. The molecule has 162 valence electrons. The van der Waals surface area contributed by atoms with E-state index in [9.17, 15) is 0 Å². The van der Waals surface area contributed by atoms with Crippen molar-refractivity contribution in [2.75, 3.05) is 13.1 Å². The summed E-state index contributed by atoms with van der Waals surface area (Å²) in [4.78, 5) is 0. The summed E-state index contributed by atoms with van der Waals surface area (Å²) >= 11 is 0. The summed E-state index contributed by atoms with van der Waals surface area (Å²) < 4.78 is 12.7. The van der Waals surface area contributed by atoms with Crippen molar-refractivity contribution in [3.63, 3.8) is 0 Å². The van der Waals surface area contributed by atoms with Gasteiger partial charge in [-0.25, -0.2) is 0 Å². The molecule has 0 aliphatic carbocycles. The average Bonchev–Trinajstić information content (AvgIpc) is 3.24. The molecule has 3 aromatic rings. The SMILES string of the molecule is C[C@@](N)(Cc1ccccc1)c1nnc(CC2CC3(CC[NH2+]CC3)Oc3ccccc32)o1. The molecular formula is C25H31N4O2+. The summed E-state index contributed by atoms with van der Waals surface area (Å²) in [6.45, 7) is 4.18. The normalized spacial score (nSPS) is 21.8. The van der Waals surface area contributed by atoms with Gasteiger partial charge < -0.3 is 20.2 Å². The van der Waals surface area contributed by atoms with Crippen molar-refractivity contribution in [1.82, 2.24) is 10.2 Å². The average molecular weight is 420 g/mol. The van der Waals surface area contributed by atoms with E-state index in [1.807, 2.05) is 25.1 Å². The molecule has 2 atom stereocenters. The first-order chi connectivity index (χ1) is 15.0. The van der Waals surface area contributed by atoms with Crippen molar-refractivity contribution in [1.29, 1.82) is 0 Å². The van der Waals surface area contributed by atoms with Crippen molar-refractivity contribution in [3.05, 3.63) is 77.5 Å². The summed E-state index contributed by atoms with van der Waals surface area (Å²) in [5.74, 6) is 2.45. The summed E-state index contributed by atoms with van der Waals surface area (Å²) in [5.41, 5.74) is 8.19. The second kappa shape index (κ2) is 8.09. The van der Waals surface area contributed by atoms with E-state index in [0.717, 1.165) is 43.7 Å². The van der Waals surface area contributed by atoms with E-state index >= 15 is 0 Å². The lowest BCUT2D eigenvalue weighted by Gasteiger charge is -2.43. The Morgan fingerprint density at radius 1 is 1.06 bits per heavy atom. The molecule has 1 spiro atoms. The van der Waals surface area contributed by atoms with Gasteiger partial charge in [0.1, 0.15) is 11.4 Å². The first-order valence-electron chi connectivity index (χ1n) is 11.3. The van der Waals surface area contributed by atoms with Gasteiger partial charge in [-0.05, 0) is 37.0 Å². The Hall–Kier alpha value is -2.70. The number of hydrogen-bond acceptors (Lipinski definition) is 5. The van der Waals surface area contributed by atoms with Gasteiger partial charge in [-0.3, -0.25) is 0 Å². The van der Waals surface area contributed by atoms with Gasteiger partial charge in [-0.15, -0.1) is 10.2 Å². The molecule has 0 amide bonds. The Labute approximate surface area is 183 Å². The number of nitrogens with two attached hydrogens (primary N) is 2. The van der Waals surface area contributed by atoms with Crippen LogP contribution in [-0.2, 0) is 18.4 Å². The van der Waals surface area contributed by atoms with Crippen molar-refractivity contribution in [2.24, 2.45) is 5.73 Å². The number of piperidine rings is 1. The number of para-hydroxylation sites is 1. The van der Waals surface area contributed by atoms with Crippen LogP contribution < -0.4 is 15.8 Å². The maximum absolute atomic E-state index is 6.59. The molecule has 2 aromatic carbocycles. The maximum Gasteiger partial charge on any atom is 0.236 e. The van der Waals surface area contributed by atoms with E-state index in [2.05, 4.69) is 51.9 Å². The van der Waals surface area contributed by atoms with Crippen molar-refractivity contribution in [2.45, 2.75) is 56.1 Å². The van der Waals surface area contributed by atoms with Crippen LogP contribution in [0, 0.1) is 0 Å². The van der Waals surface area contributed by atoms with Crippen LogP contribution in [0.2, 0.25) is 0 Å². The smallest absolute Gasteiger partial charge is 0.236 e. The molecular weight excluding hydrogens is 388 g/mol. The predicted molar refractivity (Wildman–Crippen MR) is 118 cm³/mol. The minimum absolute atomic E-state index is 0.0771. The van der Waals surface area contributed by atoms with Gasteiger partial charge in [0.2, 0.25) is 11.8 Å². The van der Waals surface area contributed by atoms with Crippen LogP contribution >= 0.6 is 0 Å². The summed E-state index contributed by atoms with van der Waals surface area (Å²) in [5, 5.41) is 11.1. The third kappa shape index (κ3) is 4.23. The van der Waals surface area contributed by atoms with E-state index in [4.69, 9.17) is 14.9 Å². The topological polar surface area (TPSA) is 90.8 Å². The second-order valence-electron chi connectivity index (χ2n) is 9.37. The van der Waals surface area contributed by atoms with Crippen molar-refractivity contribution < 1.29 is 14.5 Å². The Kier molecular flexibility index (Phi) is 5.28. The lowest BCUT2D eigenvalue weighted by atomic mass is 9.76. The van der Waals surface area contributed by atoms with E-state index in [0.29, 0.717) is 30.5 Å². The Balaban J connectivity index is 1.37. The van der Waals surface area contributed by atoms with E-state index < -0.39 is 5.54 Å². The highest BCUT2D eigenvalue weighted by molar-refractivity contribution is 5.39. The molecule has 2 aliphatic heterocycles. The zero-order valence-electron chi connectivity index (χ0n) is 18.1. The van der Waals surface area contributed by atoms with Crippen LogP contribution in [-0.4, -0.2) is 28.9 Å². The molecule has 2 aliphatic rings. The lowest BCUT2D eigenvalue weighted by molar-refractivity contribution is -0.667. The minimum Gasteiger partial charge on any atom is -0.486 e. The highest BCUT2D eigenvalue weighted by Crippen LogP contribution is 2.45. The molecule has 1 fully saturated rings. The lowest BCUT2D eigenvalue weighted by Crippen LogP contribution is -2.88. The highest BCUT2D eigenvalue weighted by Gasteiger charge is 2.43. The van der Waals surface area contributed by atoms with Crippen LogP contribution in [0.15, 0.2) is 59.0 Å². The van der Waals surface area contributed by atoms with Gasteiger partial charge in [-0.1, -0.05) is 48.5 Å². The molecule has 1 aromatic heterocycles. The first kappa shape index (κ1) is 20.2. The number of ether oxygens (including phenoxy) is 1. The van der Waals surface area contributed by atoms with Crippen LogP contribution in [0.1, 0.15) is 55.0 Å². The quantitative estimate of drug-likeness (QED) is 0.664. The maximum atomic E-state index is 6.59. The predicted octanol–water partition coefficient (Wildman–Crippen LogP) is 2.69.